The van der Waals surface area contributed by atoms with Gasteiger partial charge in [0.1, 0.15) is 24.7 Å². The number of nitrogens with zero attached hydrogens (tertiary/aromatic N) is 2. The quantitative estimate of drug-likeness (QED) is 0.0424. The fraction of sp³-hybridized carbons (Fsp3) is 0.649. The van der Waals surface area contributed by atoms with Crippen molar-refractivity contribution in [1.29, 1.82) is 5.53 Å². The maximum absolute atomic E-state index is 13.1. The average molecular weight is 795 g/mol. The summed E-state index contributed by atoms with van der Waals surface area (Å²) >= 11 is 0. The Bertz CT molecular complexity index is 1440. The largest absolute Gasteiger partial charge is 0.479 e. The highest BCUT2D eigenvalue weighted by Crippen LogP contribution is 2.28. The summed E-state index contributed by atoms with van der Waals surface area (Å²) in [5.74, 6) is -2.07. The number of hydrogen-bond donors (Lipinski definition) is 6. The molecule has 1 fully saturated rings. The van der Waals surface area contributed by atoms with E-state index in [0.29, 0.717) is 57.5 Å². The van der Waals surface area contributed by atoms with Gasteiger partial charge in [0.05, 0.1) is 58.0 Å². The van der Waals surface area contributed by atoms with E-state index < -0.39 is 55.0 Å². The van der Waals surface area contributed by atoms with Gasteiger partial charge in [-0.15, -0.1) is 0 Å². The van der Waals surface area contributed by atoms with Gasteiger partial charge in [-0.3, -0.25) is 14.5 Å². The number of carbonyl (C=O) groups excluding carboxylic acids is 4. The number of aldehydes is 1. The van der Waals surface area contributed by atoms with Crippen molar-refractivity contribution in [2.75, 3.05) is 66.3 Å². The van der Waals surface area contributed by atoms with Crippen molar-refractivity contribution in [3.63, 3.8) is 0 Å². The molecule has 2 rings (SSSR count). The smallest absolute Gasteiger partial charge is 0.410 e. The van der Waals surface area contributed by atoms with Crippen LogP contribution in [-0.4, -0.2) is 136 Å². The van der Waals surface area contributed by atoms with Crippen LogP contribution in [0.2, 0.25) is 0 Å². The lowest BCUT2D eigenvalue weighted by molar-refractivity contribution is -0.195. The van der Waals surface area contributed by atoms with Crippen LogP contribution in [0.4, 0.5) is 4.79 Å². The van der Waals surface area contributed by atoms with Crippen molar-refractivity contribution in [2.45, 2.75) is 78.1 Å². The number of ether oxygens (including phenoxy) is 6. The molecule has 19 heteroatoms. The van der Waals surface area contributed by atoms with Crippen molar-refractivity contribution < 1.29 is 62.6 Å². The van der Waals surface area contributed by atoms with E-state index in [1.165, 1.54) is 25.2 Å². The Morgan fingerprint density at radius 2 is 1.66 bits per heavy atom. The average Bonchev–Trinajstić information content (AvgIpc) is 3.15. The Kier molecular flexibility index (Phi) is 22.2. The fourth-order valence-corrected chi connectivity index (χ4v) is 5.47. The molecule has 56 heavy (non-hydrogen) atoms. The number of aliphatic hydroxyl groups is 1. The number of allylic oxidation sites excluding steroid dienone is 1. The van der Waals surface area contributed by atoms with Gasteiger partial charge in [0.25, 0.3) is 5.91 Å². The molecule has 0 saturated carbocycles. The summed E-state index contributed by atoms with van der Waals surface area (Å²) in [6, 6.07) is 3.38. The van der Waals surface area contributed by atoms with Crippen molar-refractivity contribution in [3.8, 4) is 5.75 Å². The second-order valence-corrected chi connectivity index (χ2v) is 13.6. The molecule has 0 radical (unpaired) electrons. The lowest BCUT2D eigenvalue weighted by Gasteiger charge is -2.31. The minimum Gasteiger partial charge on any atom is -0.479 e. The molecule has 0 bridgehead atoms. The van der Waals surface area contributed by atoms with E-state index in [4.69, 9.17) is 34.0 Å². The monoisotopic (exact) mass is 794 g/mol. The summed E-state index contributed by atoms with van der Waals surface area (Å²) in [5, 5.41) is 31.4. The van der Waals surface area contributed by atoms with Crippen LogP contribution in [0.5, 0.6) is 5.75 Å². The van der Waals surface area contributed by atoms with Gasteiger partial charge < -0.3 is 59.4 Å². The van der Waals surface area contributed by atoms with Gasteiger partial charge in [-0.25, -0.2) is 15.1 Å². The van der Waals surface area contributed by atoms with Crippen LogP contribution < -0.4 is 20.7 Å². The van der Waals surface area contributed by atoms with Crippen LogP contribution >= 0.6 is 0 Å². The molecule has 1 saturated heterocycles. The number of rotatable bonds is 27. The van der Waals surface area contributed by atoms with Crippen LogP contribution in [0.25, 0.3) is 0 Å². The summed E-state index contributed by atoms with van der Waals surface area (Å²) in [5.41, 5.74) is 8.29. The first kappa shape index (κ1) is 47.5. The Hall–Kier alpha value is -4.69. The number of likely N-dealkylation sites (N-methyl/N-ethyl adjacent to an activating group) is 1. The Labute approximate surface area is 327 Å². The molecule has 4 unspecified atom stereocenters. The van der Waals surface area contributed by atoms with Crippen LogP contribution in [0.3, 0.4) is 0 Å². The summed E-state index contributed by atoms with van der Waals surface area (Å²) in [7, 11) is 1.38. The molecule has 0 spiro atoms. The molecular weight excluding hydrogens is 736 g/mol. The molecule has 1 aromatic rings. The Morgan fingerprint density at radius 3 is 2.27 bits per heavy atom. The van der Waals surface area contributed by atoms with E-state index in [1.807, 2.05) is 0 Å². The molecule has 0 aliphatic carbocycles. The second-order valence-electron chi connectivity index (χ2n) is 13.6. The first-order chi connectivity index (χ1) is 26.8. The van der Waals surface area contributed by atoms with Crippen LogP contribution in [0.15, 0.2) is 35.2 Å². The molecule has 19 nitrogen and oxygen atoms in total. The molecule has 4 atom stereocenters. The number of carboxylic acid groups (broad SMARTS) is 1. The molecule has 1 aliphatic rings. The van der Waals surface area contributed by atoms with Gasteiger partial charge in [0.2, 0.25) is 12.2 Å². The lowest BCUT2D eigenvalue weighted by Crippen LogP contribution is -2.51. The number of nitrogens with one attached hydrogen (secondary N) is 4. The lowest BCUT2D eigenvalue weighted by atomic mass is 10.0. The number of amides is 3. The predicted octanol–water partition coefficient (Wildman–Crippen LogP) is 2.21. The fourth-order valence-electron chi connectivity index (χ4n) is 5.47. The molecule has 1 aliphatic heterocycles. The molecular formula is C37H58N6O13. The van der Waals surface area contributed by atoms with E-state index in [2.05, 4.69) is 34.9 Å². The minimum atomic E-state index is -1.30. The zero-order valence-electron chi connectivity index (χ0n) is 32.8. The zero-order chi connectivity index (χ0) is 41.5. The molecule has 3 amide bonds. The number of carboxylic acids is 1. The zero-order valence-corrected chi connectivity index (χ0v) is 32.8. The van der Waals surface area contributed by atoms with Gasteiger partial charge >= 0.3 is 12.1 Å². The summed E-state index contributed by atoms with van der Waals surface area (Å²) < 4.78 is 33.5. The normalized spacial score (nSPS) is 17.5. The van der Waals surface area contributed by atoms with Gasteiger partial charge in [-0.1, -0.05) is 27.7 Å². The van der Waals surface area contributed by atoms with Crippen molar-refractivity contribution in [2.24, 2.45) is 17.0 Å². The van der Waals surface area contributed by atoms with Crippen LogP contribution in [0.1, 0.15) is 62.9 Å². The van der Waals surface area contributed by atoms with Crippen molar-refractivity contribution in [3.05, 3.63) is 41.2 Å². The number of carbonyl (C=O) groups is 5. The first-order valence-electron chi connectivity index (χ1n) is 18.5. The van der Waals surface area contributed by atoms with Crippen molar-refractivity contribution >= 4 is 30.2 Å². The van der Waals surface area contributed by atoms with Crippen molar-refractivity contribution in [1.82, 2.24) is 20.9 Å². The third-order valence-electron chi connectivity index (χ3n) is 8.14. The van der Waals surface area contributed by atoms with E-state index >= 15 is 0 Å². The van der Waals surface area contributed by atoms with Crippen LogP contribution in [0, 0.1) is 17.4 Å². The molecule has 1 aromatic carbocycles. The molecule has 6 N–H and O–H groups in total. The van der Waals surface area contributed by atoms with E-state index in [1.54, 1.807) is 20.0 Å². The van der Waals surface area contributed by atoms with E-state index in [-0.39, 0.29) is 55.3 Å². The Morgan fingerprint density at radius 1 is 1.00 bits per heavy atom. The minimum absolute atomic E-state index is 0.0281. The highest BCUT2D eigenvalue weighted by Gasteiger charge is 2.35. The molecule has 1 heterocycles. The third kappa shape index (κ3) is 17.8. The van der Waals surface area contributed by atoms with Crippen LogP contribution in [-0.2, 0) is 44.7 Å². The number of aliphatic hydroxyl groups excluding tert-OH is 1. The maximum Gasteiger partial charge on any atom is 0.410 e. The molecule has 314 valence electrons. The summed E-state index contributed by atoms with van der Waals surface area (Å²) in [6.07, 6.45) is -1.49. The Balaban J connectivity index is 1.90. The highest BCUT2D eigenvalue weighted by atomic mass is 16.7. The maximum atomic E-state index is 13.1. The summed E-state index contributed by atoms with van der Waals surface area (Å²) in [6.45, 7) is 9.79. The van der Waals surface area contributed by atoms with E-state index in [0.717, 1.165) is 11.3 Å². The molecule has 0 aromatic heterocycles. The van der Waals surface area contributed by atoms with Gasteiger partial charge in [0, 0.05) is 50.3 Å². The topological polar surface area (TPSA) is 257 Å². The number of aliphatic carboxylic acids is 1. The standard InChI is InChI=1S/C37H58N6O13/c1-24(2)18-28(42-38)22-39-9-12-51-14-16-53-17-15-52-13-10-41-34(46)26-6-7-30(55-32-21-29(45)20-31(56-32)36(48)49)27(19-26)23-54-37(50)43(5)33(25(3)4)35(47)40-8-11-44/h6-7,11,19,22,24-25,29,31-33,38-39,45H,8-10,12-18,20-21,23H2,1-5H3,(H,40,47)(H,41,46)(H,48,49)/b28-22-,42-38?. The van der Waals surface area contributed by atoms with Gasteiger partial charge in [-0.05, 0) is 36.5 Å². The third-order valence-corrected chi connectivity index (χ3v) is 8.14. The number of benzene rings is 1. The van der Waals surface area contributed by atoms with Gasteiger partial charge in [0.15, 0.2) is 6.10 Å². The summed E-state index contributed by atoms with van der Waals surface area (Å²) in [4.78, 5) is 62.2. The second kappa shape index (κ2) is 26.2. The number of hydrogen-bond acceptors (Lipinski definition) is 15. The predicted molar refractivity (Wildman–Crippen MR) is 200 cm³/mol. The van der Waals surface area contributed by atoms with Gasteiger partial charge in [-0.2, -0.15) is 5.11 Å². The highest BCUT2D eigenvalue weighted by molar-refractivity contribution is 5.94. The van der Waals surface area contributed by atoms with E-state index in [9.17, 15) is 34.2 Å². The first-order valence-corrected chi connectivity index (χ1v) is 18.5. The SMILES string of the molecule is CC(C)C/C(=C/NCCOCCOCCOCCNC(=O)c1ccc(OC2CC(O)CC(C(=O)O)O2)c(COC(=O)N(C)C(C(=O)NCC=O)C(C)C)c1)N=N.